The van der Waals surface area contributed by atoms with Crippen LogP contribution in [0, 0.1) is 0 Å². The van der Waals surface area contributed by atoms with E-state index in [1.54, 1.807) is 16.8 Å². The smallest absolute Gasteiger partial charge is 0.198 e. The Balaban J connectivity index is 1.44. The molecule has 3 aromatic rings. The molecular formula is C21H27N7O2. The number of likely N-dealkylation sites (tertiary alicyclic amines) is 1. The molecule has 0 amide bonds. The number of fused-ring (bicyclic) bond motifs is 1. The average molecular weight is 409 g/mol. The van der Waals surface area contributed by atoms with Crippen LogP contribution in [0.2, 0.25) is 0 Å². The first kappa shape index (κ1) is 18.9. The van der Waals surface area contributed by atoms with Gasteiger partial charge >= 0.3 is 0 Å². The van der Waals surface area contributed by atoms with Gasteiger partial charge in [0.05, 0.1) is 12.2 Å². The van der Waals surface area contributed by atoms with Crippen LogP contribution in [0.5, 0.6) is 11.8 Å². The van der Waals surface area contributed by atoms with E-state index in [-0.39, 0.29) is 11.8 Å². The highest BCUT2D eigenvalue weighted by molar-refractivity contribution is 5.62. The van der Waals surface area contributed by atoms with Gasteiger partial charge in [0, 0.05) is 29.5 Å². The number of nitrogens with one attached hydrogen (secondary N) is 2. The molecule has 4 heterocycles. The van der Waals surface area contributed by atoms with Crippen LogP contribution in [0.15, 0.2) is 23.3 Å². The van der Waals surface area contributed by atoms with E-state index in [2.05, 4.69) is 20.3 Å². The second-order valence-electron chi connectivity index (χ2n) is 8.13. The highest BCUT2D eigenvalue weighted by Gasteiger charge is 2.20. The Morgan fingerprint density at radius 2 is 2.07 bits per heavy atom. The molecule has 0 atom stereocenters. The molecule has 0 unspecified atom stereocenters. The van der Waals surface area contributed by atoms with Crippen LogP contribution in [0.25, 0.3) is 11.7 Å². The van der Waals surface area contributed by atoms with E-state index in [1.807, 2.05) is 6.07 Å². The van der Waals surface area contributed by atoms with Gasteiger partial charge in [0.2, 0.25) is 0 Å². The zero-order chi connectivity index (χ0) is 20.5. The summed E-state index contributed by atoms with van der Waals surface area (Å²) in [5.41, 5.74) is 1.93. The molecule has 2 fully saturated rings. The van der Waals surface area contributed by atoms with E-state index >= 15 is 0 Å². The normalized spacial score (nSPS) is 18.7. The zero-order valence-corrected chi connectivity index (χ0v) is 16.9. The fourth-order valence-electron chi connectivity index (χ4n) is 3.89. The SMILES string of the molecule is Oc1cc(C=c2cnn3c(=NC4CC4)cc(NCCCN4CCCC4)nc23)c(O)[nH]1. The van der Waals surface area contributed by atoms with E-state index in [0.717, 1.165) is 48.9 Å². The first-order chi connectivity index (χ1) is 14.7. The Hall–Kier alpha value is -3.07. The molecule has 158 valence electrons. The third-order valence-electron chi connectivity index (χ3n) is 5.62. The summed E-state index contributed by atoms with van der Waals surface area (Å²) in [4.78, 5) is 14.5. The summed E-state index contributed by atoms with van der Waals surface area (Å²) in [6, 6.07) is 3.78. The second kappa shape index (κ2) is 7.98. The summed E-state index contributed by atoms with van der Waals surface area (Å²) in [7, 11) is 0. The van der Waals surface area contributed by atoms with Gasteiger partial charge in [0.25, 0.3) is 0 Å². The Morgan fingerprint density at radius 3 is 2.80 bits per heavy atom. The number of hydrogen-bond acceptors (Lipinski definition) is 7. The fourth-order valence-corrected chi connectivity index (χ4v) is 3.89. The molecule has 9 nitrogen and oxygen atoms in total. The quantitative estimate of drug-likeness (QED) is 0.433. The van der Waals surface area contributed by atoms with Gasteiger partial charge in [-0.25, -0.2) is 4.98 Å². The van der Waals surface area contributed by atoms with Gasteiger partial charge in [-0.15, -0.1) is 0 Å². The average Bonchev–Trinajstić information content (AvgIpc) is 3.10. The molecule has 30 heavy (non-hydrogen) atoms. The standard InChI is InChI=1S/C21H27N7O2/c29-19-11-14(21(30)26-19)10-15-13-23-28-18(24-16-4-5-16)12-17(25-20(15)28)22-6-3-9-27-7-1-2-8-27/h10-13,16,22,26,29-30H,1-9H2. The van der Waals surface area contributed by atoms with Gasteiger partial charge in [0.15, 0.2) is 22.9 Å². The molecule has 0 radical (unpaired) electrons. The summed E-state index contributed by atoms with van der Waals surface area (Å²) in [5.74, 6) is 0.596. The summed E-state index contributed by atoms with van der Waals surface area (Å²) in [6.07, 6.45) is 9.36. The minimum atomic E-state index is -0.0917. The minimum Gasteiger partial charge on any atom is -0.494 e. The largest absolute Gasteiger partial charge is 0.494 e. The summed E-state index contributed by atoms with van der Waals surface area (Å²) < 4.78 is 1.74. The number of anilines is 1. The summed E-state index contributed by atoms with van der Waals surface area (Å²) in [6.45, 7) is 4.38. The second-order valence-corrected chi connectivity index (χ2v) is 8.13. The van der Waals surface area contributed by atoms with Crippen molar-refractivity contribution in [2.75, 3.05) is 31.5 Å². The molecule has 0 aromatic carbocycles. The van der Waals surface area contributed by atoms with E-state index < -0.39 is 0 Å². The van der Waals surface area contributed by atoms with E-state index in [4.69, 9.17) is 9.98 Å². The fraction of sp³-hybridized carbons (Fsp3) is 0.476. The lowest BCUT2D eigenvalue weighted by Gasteiger charge is -2.14. The molecular weight excluding hydrogens is 382 g/mol. The number of H-pyrrole nitrogens is 1. The van der Waals surface area contributed by atoms with Crippen LogP contribution in [0.1, 0.15) is 37.7 Å². The third kappa shape index (κ3) is 4.11. The monoisotopic (exact) mass is 409 g/mol. The first-order valence-corrected chi connectivity index (χ1v) is 10.7. The van der Waals surface area contributed by atoms with Gasteiger partial charge in [0.1, 0.15) is 5.82 Å². The van der Waals surface area contributed by atoms with Crippen LogP contribution in [-0.2, 0) is 0 Å². The molecule has 5 rings (SSSR count). The van der Waals surface area contributed by atoms with Crippen molar-refractivity contribution in [1.29, 1.82) is 0 Å². The zero-order valence-electron chi connectivity index (χ0n) is 16.9. The number of hydrogen-bond donors (Lipinski definition) is 4. The summed E-state index contributed by atoms with van der Waals surface area (Å²) >= 11 is 0. The van der Waals surface area contributed by atoms with Crippen molar-refractivity contribution >= 4 is 17.5 Å². The number of nitrogens with zero attached hydrogens (tertiary/aromatic N) is 5. The molecule has 1 saturated carbocycles. The van der Waals surface area contributed by atoms with Crippen LogP contribution in [-0.4, -0.2) is 66.9 Å². The minimum absolute atomic E-state index is 0.0898. The van der Waals surface area contributed by atoms with E-state index in [9.17, 15) is 10.2 Å². The van der Waals surface area contributed by atoms with Gasteiger partial charge in [-0.2, -0.15) is 9.61 Å². The maximum atomic E-state index is 9.94. The van der Waals surface area contributed by atoms with E-state index in [0.29, 0.717) is 17.3 Å². The Kier molecular flexibility index (Phi) is 5.04. The maximum absolute atomic E-state index is 9.94. The number of aromatic hydroxyl groups is 2. The third-order valence-corrected chi connectivity index (χ3v) is 5.62. The van der Waals surface area contributed by atoms with Gasteiger partial charge in [-0.3, -0.25) is 9.98 Å². The molecule has 3 aromatic heterocycles. The van der Waals surface area contributed by atoms with Gasteiger partial charge in [-0.05, 0) is 57.8 Å². The predicted octanol–water partition coefficient (Wildman–Crippen LogP) is 0.977. The summed E-state index contributed by atoms with van der Waals surface area (Å²) in [5, 5.41) is 28.2. The van der Waals surface area contributed by atoms with Crippen molar-refractivity contribution in [2.24, 2.45) is 4.99 Å². The highest BCUT2D eigenvalue weighted by Crippen LogP contribution is 2.23. The van der Waals surface area contributed by atoms with Crippen molar-refractivity contribution in [3.8, 4) is 11.8 Å². The lowest BCUT2D eigenvalue weighted by Crippen LogP contribution is -2.23. The van der Waals surface area contributed by atoms with Crippen molar-refractivity contribution < 1.29 is 10.2 Å². The van der Waals surface area contributed by atoms with Crippen molar-refractivity contribution in [3.63, 3.8) is 0 Å². The molecule has 9 heteroatoms. The van der Waals surface area contributed by atoms with Gasteiger partial charge < -0.3 is 20.4 Å². The molecule has 1 saturated heterocycles. The van der Waals surface area contributed by atoms with Crippen LogP contribution in [0.4, 0.5) is 5.82 Å². The predicted molar refractivity (Wildman–Crippen MR) is 113 cm³/mol. The number of aromatic nitrogens is 4. The Bertz CT molecular complexity index is 1160. The van der Waals surface area contributed by atoms with E-state index in [1.165, 1.54) is 32.0 Å². The van der Waals surface area contributed by atoms with Crippen molar-refractivity contribution in [1.82, 2.24) is 24.5 Å². The maximum Gasteiger partial charge on any atom is 0.198 e. The molecule has 0 spiro atoms. The van der Waals surface area contributed by atoms with Crippen LogP contribution >= 0.6 is 0 Å². The molecule has 2 aliphatic rings. The first-order valence-electron chi connectivity index (χ1n) is 10.7. The van der Waals surface area contributed by atoms with Crippen LogP contribution in [0.3, 0.4) is 0 Å². The van der Waals surface area contributed by atoms with Crippen LogP contribution < -0.4 is 16.0 Å². The van der Waals surface area contributed by atoms with Gasteiger partial charge in [-0.1, -0.05) is 0 Å². The highest BCUT2D eigenvalue weighted by atomic mass is 16.3. The lowest BCUT2D eigenvalue weighted by molar-refractivity contribution is 0.337. The molecule has 4 N–H and O–H groups in total. The Morgan fingerprint density at radius 1 is 1.23 bits per heavy atom. The topological polar surface area (TPSA) is 114 Å². The lowest BCUT2D eigenvalue weighted by atomic mass is 10.2. The molecule has 0 bridgehead atoms. The number of rotatable bonds is 7. The Labute approximate surface area is 173 Å². The molecule has 1 aliphatic carbocycles. The number of aromatic amines is 1. The van der Waals surface area contributed by atoms with Crippen molar-refractivity contribution in [3.05, 3.63) is 34.6 Å². The molecule has 1 aliphatic heterocycles. The van der Waals surface area contributed by atoms with Crippen molar-refractivity contribution in [2.45, 2.75) is 38.1 Å².